The molecule has 0 aromatic rings. The molecule has 1 saturated heterocycles. The average Bonchev–Trinajstić information content (AvgIpc) is 1.95. The minimum atomic E-state index is 0.318. The van der Waals surface area contributed by atoms with Crippen LogP contribution in [0.25, 0.3) is 0 Å². The summed E-state index contributed by atoms with van der Waals surface area (Å²) in [6, 6.07) is 0. The van der Waals surface area contributed by atoms with Crippen LogP contribution in [0, 0.1) is 0 Å². The van der Waals surface area contributed by atoms with Gasteiger partial charge in [0.05, 0.1) is 6.10 Å². The van der Waals surface area contributed by atoms with E-state index in [-0.39, 0.29) is 0 Å². The average molecular weight is 143 g/mol. The third-order valence-electron chi connectivity index (χ3n) is 2.27. The molecule has 2 nitrogen and oxygen atoms in total. The molecular weight excluding hydrogens is 126 g/mol. The van der Waals surface area contributed by atoms with Crippen molar-refractivity contribution in [1.82, 2.24) is 4.90 Å². The maximum atomic E-state index is 5.67. The molecule has 0 unspecified atom stereocenters. The molecule has 0 bridgehead atoms. The van der Waals surface area contributed by atoms with Crippen LogP contribution in [0.3, 0.4) is 0 Å². The lowest BCUT2D eigenvalue weighted by molar-refractivity contribution is -0.120. The summed E-state index contributed by atoms with van der Waals surface area (Å²) in [5, 5.41) is 0. The second-order valence-electron chi connectivity index (χ2n) is 3.03. The van der Waals surface area contributed by atoms with Crippen molar-refractivity contribution < 1.29 is 4.74 Å². The van der Waals surface area contributed by atoms with Gasteiger partial charge in [0, 0.05) is 6.54 Å². The van der Waals surface area contributed by atoms with Crippen LogP contribution >= 0.6 is 0 Å². The van der Waals surface area contributed by atoms with Crippen LogP contribution in [-0.2, 0) is 4.74 Å². The van der Waals surface area contributed by atoms with E-state index in [4.69, 9.17) is 4.74 Å². The highest BCUT2D eigenvalue weighted by molar-refractivity contribution is 4.67. The quantitative estimate of drug-likeness (QED) is 0.551. The molecule has 0 N–H and O–H groups in total. The zero-order valence-corrected chi connectivity index (χ0v) is 7.13. The van der Waals surface area contributed by atoms with Crippen LogP contribution in [0.2, 0.25) is 0 Å². The van der Waals surface area contributed by atoms with Crippen LogP contribution < -0.4 is 0 Å². The molecule has 0 spiro atoms. The minimum Gasteiger partial charge on any atom is -0.360 e. The first-order chi connectivity index (χ1) is 4.74. The van der Waals surface area contributed by atoms with E-state index in [2.05, 4.69) is 25.8 Å². The van der Waals surface area contributed by atoms with Crippen LogP contribution in [0.5, 0.6) is 0 Å². The van der Waals surface area contributed by atoms with E-state index in [9.17, 15) is 0 Å². The first-order valence-corrected chi connectivity index (χ1v) is 4.09. The second-order valence-corrected chi connectivity index (χ2v) is 3.03. The summed E-state index contributed by atoms with van der Waals surface area (Å²) in [6.45, 7) is 5.48. The monoisotopic (exact) mass is 143 g/mol. The SMILES string of the molecule is CC[C@H]1CCN(C)[C@@H](C)O1. The molecule has 0 aromatic heterocycles. The standard InChI is InChI=1S/C8H17NO/c1-4-8-5-6-9(3)7(2)10-8/h7-8H,4-6H2,1-3H3/t7-,8+/m1/s1. The number of hydrogen-bond donors (Lipinski definition) is 0. The Morgan fingerprint density at radius 1 is 1.60 bits per heavy atom. The van der Waals surface area contributed by atoms with Crippen LogP contribution in [0.4, 0.5) is 0 Å². The Kier molecular flexibility index (Phi) is 2.69. The molecule has 0 saturated carbocycles. The fraction of sp³-hybridized carbons (Fsp3) is 1.00. The van der Waals surface area contributed by atoms with Gasteiger partial charge in [0.1, 0.15) is 6.23 Å². The molecule has 0 amide bonds. The summed E-state index contributed by atoms with van der Waals surface area (Å²) < 4.78 is 5.67. The van der Waals surface area contributed by atoms with Gasteiger partial charge in [-0.05, 0) is 26.8 Å². The molecule has 1 aliphatic heterocycles. The molecule has 0 radical (unpaired) electrons. The predicted molar refractivity (Wildman–Crippen MR) is 41.9 cm³/mol. The highest BCUT2D eigenvalue weighted by Crippen LogP contribution is 2.15. The summed E-state index contributed by atoms with van der Waals surface area (Å²) in [5.41, 5.74) is 0. The van der Waals surface area contributed by atoms with E-state index in [0.717, 1.165) is 6.42 Å². The highest BCUT2D eigenvalue weighted by Gasteiger charge is 2.20. The summed E-state index contributed by atoms with van der Waals surface area (Å²) in [6.07, 6.45) is 3.17. The molecule has 1 rings (SSSR count). The van der Waals surface area contributed by atoms with Gasteiger partial charge in [0.2, 0.25) is 0 Å². The van der Waals surface area contributed by atoms with Crippen molar-refractivity contribution in [1.29, 1.82) is 0 Å². The van der Waals surface area contributed by atoms with Gasteiger partial charge in [0.25, 0.3) is 0 Å². The molecule has 1 fully saturated rings. The third kappa shape index (κ3) is 1.70. The fourth-order valence-electron chi connectivity index (χ4n) is 1.28. The van der Waals surface area contributed by atoms with Gasteiger partial charge >= 0.3 is 0 Å². The van der Waals surface area contributed by atoms with Crippen molar-refractivity contribution in [3.63, 3.8) is 0 Å². The Balaban J connectivity index is 2.33. The molecule has 0 aromatic carbocycles. The van der Waals surface area contributed by atoms with E-state index in [1.165, 1.54) is 13.0 Å². The van der Waals surface area contributed by atoms with Crippen molar-refractivity contribution in [2.45, 2.75) is 39.0 Å². The van der Waals surface area contributed by atoms with Gasteiger partial charge in [-0.25, -0.2) is 0 Å². The zero-order chi connectivity index (χ0) is 7.56. The van der Waals surface area contributed by atoms with Gasteiger partial charge in [-0.1, -0.05) is 6.92 Å². The van der Waals surface area contributed by atoms with Gasteiger partial charge < -0.3 is 4.74 Å². The molecule has 10 heavy (non-hydrogen) atoms. The lowest BCUT2D eigenvalue weighted by atomic mass is 10.1. The van der Waals surface area contributed by atoms with Gasteiger partial charge in [-0.15, -0.1) is 0 Å². The van der Waals surface area contributed by atoms with E-state index < -0.39 is 0 Å². The summed E-state index contributed by atoms with van der Waals surface area (Å²) >= 11 is 0. The number of nitrogens with zero attached hydrogens (tertiary/aromatic N) is 1. The topological polar surface area (TPSA) is 12.5 Å². The smallest absolute Gasteiger partial charge is 0.107 e. The largest absolute Gasteiger partial charge is 0.360 e. The maximum absolute atomic E-state index is 5.67. The van der Waals surface area contributed by atoms with Crippen LogP contribution in [0.1, 0.15) is 26.7 Å². The minimum absolute atomic E-state index is 0.318. The number of ether oxygens (including phenoxy) is 1. The van der Waals surface area contributed by atoms with Gasteiger partial charge in [0.15, 0.2) is 0 Å². The van der Waals surface area contributed by atoms with Crippen molar-refractivity contribution in [2.24, 2.45) is 0 Å². The number of rotatable bonds is 1. The third-order valence-corrected chi connectivity index (χ3v) is 2.27. The lowest BCUT2D eigenvalue weighted by Crippen LogP contribution is -2.41. The summed E-state index contributed by atoms with van der Waals surface area (Å²) in [4.78, 5) is 2.24. The Hall–Kier alpha value is -0.0800. The fourth-order valence-corrected chi connectivity index (χ4v) is 1.28. The molecular formula is C8H17NO. The Morgan fingerprint density at radius 3 is 2.80 bits per heavy atom. The normalized spacial score (nSPS) is 36.3. The molecule has 0 aliphatic carbocycles. The lowest BCUT2D eigenvalue weighted by Gasteiger charge is -2.34. The molecule has 1 aliphatic rings. The van der Waals surface area contributed by atoms with Crippen LogP contribution in [0.15, 0.2) is 0 Å². The Labute approximate surface area is 63.2 Å². The van der Waals surface area contributed by atoms with E-state index >= 15 is 0 Å². The predicted octanol–water partition coefficient (Wildman–Crippen LogP) is 1.46. The Morgan fingerprint density at radius 2 is 2.30 bits per heavy atom. The highest BCUT2D eigenvalue weighted by atomic mass is 16.5. The maximum Gasteiger partial charge on any atom is 0.107 e. The van der Waals surface area contributed by atoms with Crippen molar-refractivity contribution in [3.05, 3.63) is 0 Å². The summed E-state index contributed by atoms with van der Waals surface area (Å²) in [5.74, 6) is 0. The Bertz CT molecular complexity index is 105. The molecule has 2 atom stereocenters. The second kappa shape index (κ2) is 3.35. The number of hydrogen-bond acceptors (Lipinski definition) is 2. The first kappa shape index (κ1) is 8.02. The molecule has 1 heterocycles. The first-order valence-electron chi connectivity index (χ1n) is 4.09. The molecule has 60 valence electrons. The van der Waals surface area contributed by atoms with E-state index in [1.54, 1.807) is 0 Å². The van der Waals surface area contributed by atoms with Crippen molar-refractivity contribution >= 4 is 0 Å². The molecule has 2 heteroatoms. The van der Waals surface area contributed by atoms with E-state index in [0.29, 0.717) is 12.3 Å². The van der Waals surface area contributed by atoms with Crippen molar-refractivity contribution in [3.8, 4) is 0 Å². The van der Waals surface area contributed by atoms with Gasteiger partial charge in [-0.2, -0.15) is 0 Å². The van der Waals surface area contributed by atoms with E-state index in [1.807, 2.05) is 0 Å². The van der Waals surface area contributed by atoms with Gasteiger partial charge in [-0.3, -0.25) is 4.90 Å². The van der Waals surface area contributed by atoms with Crippen LogP contribution in [-0.4, -0.2) is 30.8 Å². The zero-order valence-electron chi connectivity index (χ0n) is 7.13. The van der Waals surface area contributed by atoms with Crippen molar-refractivity contribution in [2.75, 3.05) is 13.6 Å². The summed E-state index contributed by atoms with van der Waals surface area (Å²) in [7, 11) is 2.11.